The number of nitrogens with zero attached hydrogens (tertiary/aromatic N) is 1. The molecule has 0 unspecified atom stereocenters. The largest absolute Gasteiger partial charge is 0.291 e. The minimum absolute atomic E-state index is 1.05. The van der Waals surface area contributed by atoms with E-state index in [2.05, 4.69) is 76.9 Å². The van der Waals surface area contributed by atoms with E-state index in [0.717, 1.165) is 19.6 Å². The Morgan fingerprint density at radius 1 is 1.00 bits per heavy atom. The SMILES string of the molecule is CCCCc1ccc(CN2Cc3cccc(I)c3C2)cc1. The highest BCUT2D eigenvalue weighted by Gasteiger charge is 2.20. The molecule has 21 heavy (non-hydrogen) atoms. The molecule has 0 aromatic heterocycles. The predicted octanol–water partition coefficient (Wildman–Crippen LogP) is 5.15. The van der Waals surface area contributed by atoms with Gasteiger partial charge in [0.2, 0.25) is 0 Å². The van der Waals surface area contributed by atoms with Crippen molar-refractivity contribution in [3.8, 4) is 0 Å². The molecule has 0 fully saturated rings. The van der Waals surface area contributed by atoms with Gasteiger partial charge in [-0.25, -0.2) is 0 Å². The molecule has 0 bridgehead atoms. The fourth-order valence-electron chi connectivity index (χ4n) is 3.01. The van der Waals surface area contributed by atoms with E-state index >= 15 is 0 Å². The standard InChI is InChI=1S/C19H22IN/c1-2-3-5-15-8-10-16(11-9-15)12-21-13-17-6-4-7-19(20)18(17)14-21/h4,6-11H,2-3,5,12-14H2,1H3. The summed E-state index contributed by atoms with van der Waals surface area (Å²) < 4.78 is 1.41. The van der Waals surface area contributed by atoms with Gasteiger partial charge in [0.1, 0.15) is 0 Å². The highest BCUT2D eigenvalue weighted by molar-refractivity contribution is 14.1. The van der Waals surface area contributed by atoms with Crippen molar-refractivity contribution in [1.82, 2.24) is 4.90 Å². The molecule has 1 nitrogen and oxygen atoms in total. The number of fused-ring (bicyclic) bond motifs is 1. The van der Waals surface area contributed by atoms with Crippen LogP contribution in [0.25, 0.3) is 0 Å². The van der Waals surface area contributed by atoms with Crippen molar-refractivity contribution >= 4 is 22.6 Å². The molecule has 0 atom stereocenters. The molecule has 2 aromatic rings. The van der Waals surface area contributed by atoms with Crippen LogP contribution >= 0.6 is 22.6 Å². The van der Waals surface area contributed by atoms with Crippen LogP contribution in [-0.4, -0.2) is 4.90 Å². The molecule has 2 heteroatoms. The first-order valence-electron chi connectivity index (χ1n) is 7.82. The fraction of sp³-hybridized carbons (Fsp3) is 0.368. The number of hydrogen-bond acceptors (Lipinski definition) is 1. The molecule has 3 rings (SSSR count). The summed E-state index contributed by atoms with van der Waals surface area (Å²) in [6.45, 7) is 5.48. The minimum atomic E-state index is 1.05. The third-order valence-electron chi connectivity index (χ3n) is 4.24. The van der Waals surface area contributed by atoms with Gasteiger partial charge >= 0.3 is 0 Å². The zero-order valence-electron chi connectivity index (χ0n) is 12.6. The van der Waals surface area contributed by atoms with Gasteiger partial charge in [-0.15, -0.1) is 0 Å². The summed E-state index contributed by atoms with van der Waals surface area (Å²) in [7, 11) is 0. The molecule has 0 saturated carbocycles. The lowest BCUT2D eigenvalue weighted by atomic mass is 10.1. The van der Waals surface area contributed by atoms with E-state index in [9.17, 15) is 0 Å². The van der Waals surface area contributed by atoms with Crippen LogP contribution in [0.5, 0.6) is 0 Å². The second kappa shape index (κ2) is 6.93. The van der Waals surface area contributed by atoms with Crippen molar-refractivity contribution in [2.24, 2.45) is 0 Å². The molecule has 0 amide bonds. The molecule has 0 radical (unpaired) electrons. The maximum atomic E-state index is 2.54. The lowest BCUT2D eigenvalue weighted by molar-refractivity contribution is 0.275. The molecule has 0 aliphatic carbocycles. The zero-order chi connectivity index (χ0) is 14.7. The average molecular weight is 391 g/mol. The van der Waals surface area contributed by atoms with Crippen LogP contribution in [0.3, 0.4) is 0 Å². The molecule has 0 spiro atoms. The number of hydrogen-bond donors (Lipinski definition) is 0. The zero-order valence-corrected chi connectivity index (χ0v) is 14.8. The Labute approximate surface area is 141 Å². The van der Waals surface area contributed by atoms with Crippen molar-refractivity contribution in [1.29, 1.82) is 0 Å². The van der Waals surface area contributed by atoms with E-state index in [4.69, 9.17) is 0 Å². The number of aryl methyl sites for hydroxylation is 1. The predicted molar refractivity (Wildman–Crippen MR) is 97.2 cm³/mol. The molecule has 1 heterocycles. The van der Waals surface area contributed by atoms with Gasteiger partial charge in [0, 0.05) is 23.2 Å². The molecule has 110 valence electrons. The summed E-state index contributed by atoms with van der Waals surface area (Å²) in [4.78, 5) is 2.54. The third kappa shape index (κ3) is 3.67. The number of rotatable bonds is 5. The highest BCUT2D eigenvalue weighted by atomic mass is 127. The normalized spacial score (nSPS) is 14.4. The molecule has 1 aliphatic heterocycles. The number of benzene rings is 2. The van der Waals surface area contributed by atoms with Crippen LogP contribution in [-0.2, 0) is 26.1 Å². The molecule has 0 saturated heterocycles. The van der Waals surface area contributed by atoms with Crippen LogP contribution in [0.1, 0.15) is 42.0 Å². The molecule has 0 N–H and O–H groups in total. The van der Waals surface area contributed by atoms with Crippen LogP contribution in [0, 0.1) is 3.57 Å². The lowest BCUT2D eigenvalue weighted by Crippen LogP contribution is -2.15. The lowest BCUT2D eigenvalue weighted by Gasteiger charge is -2.15. The second-order valence-electron chi connectivity index (χ2n) is 5.94. The first kappa shape index (κ1) is 15.0. The number of unbranched alkanes of at least 4 members (excludes halogenated alkanes) is 1. The fourth-order valence-corrected chi connectivity index (χ4v) is 3.74. The van der Waals surface area contributed by atoms with E-state index in [1.165, 1.54) is 45.1 Å². The van der Waals surface area contributed by atoms with Gasteiger partial charge in [-0.05, 0) is 63.8 Å². The summed E-state index contributed by atoms with van der Waals surface area (Å²) >= 11 is 2.46. The van der Waals surface area contributed by atoms with Gasteiger partial charge in [-0.2, -0.15) is 0 Å². The van der Waals surface area contributed by atoms with Gasteiger partial charge in [-0.3, -0.25) is 4.90 Å². The van der Waals surface area contributed by atoms with Gasteiger partial charge in [0.15, 0.2) is 0 Å². The summed E-state index contributed by atoms with van der Waals surface area (Å²) in [6, 6.07) is 15.9. The second-order valence-corrected chi connectivity index (χ2v) is 7.10. The topological polar surface area (TPSA) is 3.24 Å². The van der Waals surface area contributed by atoms with Crippen molar-refractivity contribution in [2.75, 3.05) is 0 Å². The van der Waals surface area contributed by atoms with Crippen molar-refractivity contribution in [3.05, 3.63) is 68.3 Å². The van der Waals surface area contributed by atoms with Crippen molar-refractivity contribution in [2.45, 2.75) is 45.8 Å². The maximum absolute atomic E-state index is 2.54. The smallest absolute Gasteiger partial charge is 0.0254 e. The average Bonchev–Trinajstić information content (AvgIpc) is 2.91. The van der Waals surface area contributed by atoms with Crippen LogP contribution in [0.4, 0.5) is 0 Å². The Bertz CT molecular complexity index is 603. The highest BCUT2D eigenvalue weighted by Crippen LogP contribution is 2.28. The maximum Gasteiger partial charge on any atom is 0.0254 e. The molecular formula is C19H22IN. The molecule has 2 aromatic carbocycles. The number of halogens is 1. The Hall–Kier alpha value is -0.870. The summed E-state index contributed by atoms with van der Waals surface area (Å²) in [5.41, 5.74) is 5.93. The third-order valence-corrected chi connectivity index (χ3v) is 5.25. The summed E-state index contributed by atoms with van der Waals surface area (Å²) in [5, 5.41) is 0. The summed E-state index contributed by atoms with van der Waals surface area (Å²) in [5.74, 6) is 0. The van der Waals surface area contributed by atoms with Gasteiger partial charge < -0.3 is 0 Å². The van der Waals surface area contributed by atoms with E-state index in [1.54, 1.807) is 0 Å². The molecule has 1 aliphatic rings. The van der Waals surface area contributed by atoms with Crippen LogP contribution in [0.2, 0.25) is 0 Å². The van der Waals surface area contributed by atoms with E-state index < -0.39 is 0 Å². The van der Waals surface area contributed by atoms with E-state index in [1.807, 2.05) is 0 Å². The Kier molecular flexibility index (Phi) is 4.96. The van der Waals surface area contributed by atoms with Crippen LogP contribution < -0.4 is 0 Å². The Morgan fingerprint density at radius 2 is 1.76 bits per heavy atom. The molecular weight excluding hydrogens is 369 g/mol. The summed E-state index contributed by atoms with van der Waals surface area (Å²) in [6.07, 6.45) is 3.77. The van der Waals surface area contributed by atoms with Gasteiger partial charge in [0.05, 0.1) is 0 Å². The Morgan fingerprint density at radius 3 is 2.48 bits per heavy atom. The monoisotopic (exact) mass is 391 g/mol. The van der Waals surface area contributed by atoms with Crippen molar-refractivity contribution < 1.29 is 0 Å². The first-order valence-corrected chi connectivity index (χ1v) is 8.90. The van der Waals surface area contributed by atoms with Crippen LogP contribution in [0.15, 0.2) is 42.5 Å². The minimum Gasteiger partial charge on any atom is -0.291 e. The first-order chi connectivity index (χ1) is 10.3. The quantitative estimate of drug-likeness (QED) is 0.638. The van der Waals surface area contributed by atoms with Gasteiger partial charge in [0.25, 0.3) is 0 Å². The van der Waals surface area contributed by atoms with E-state index in [-0.39, 0.29) is 0 Å². The van der Waals surface area contributed by atoms with Crippen molar-refractivity contribution in [3.63, 3.8) is 0 Å². The Balaban J connectivity index is 1.62. The van der Waals surface area contributed by atoms with E-state index in [0.29, 0.717) is 0 Å². The van der Waals surface area contributed by atoms with Gasteiger partial charge in [-0.1, -0.05) is 49.7 Å².